The summed E-state index contributed by atoms with van der Waals surface area (Å²) in [6, 6.07) is 7.19. The summed E-state index contributed by atoms with van der Waals surface area (Å²) in [7, 11) is 0. The van der Waals surface area contributed by atoms with Crippen molar-refractivity contribution < 1.29 is 19.1 Å². The van der Waals surface area contributed by atoms with E-state index < -0.39 is 35.5 Å². The first-order chi connectivity index (χ1) is 11.1. The third kappa shape index (κ3) is 7.23. The van der Waals surface area contributed by atoms with Gasteiger partial charge in [0.05, 0.1) is 12.5 Å². The second-order valence-corrected chi connectivity index (χ2v) is 6.56. The molecule has 5 N–H and O–H groups in total. The highest BCUT2D eigenvalue weighted by atomic mass is 16.6. The van der Waals surface area contributed by atoms with Gasteiger partial charge in [-0.3, -0.25) is 9.59 Å². The smallest absolute Gasteiger partial charge is 0.329 e. The summed E-state index contributed by atoms with van der Waals surface area (Å²) in [6.45, 7) is 5.22. The lowest BCUT2D eigenvalue weighted by Gasteiger charge is -2.25. The highest BCUT2D eigenvalue weighted by molar-refractivity contribution is 5.90. The first kappa shape index (κ1) is 19.6. The molecule has 0 saturated heterocycles. The molecule has 1 rings (SSSR count). The highest BCUT2D eigenvalue weighted by Crippen LogP contribution is 2.11. The molecule has 0 aliphatic heterocycles. The third-order valence-corrected chi connectivity index (χ3v) is 3.05. The number of hydrogen-bond acceptors (Lipinski definition) is 5. The van der Waals surface area contributed by atoms with Crippen LogP contribution in [0.3, 0.4) is 0 Å². The Morgan fingerprint density at radius 3 is 2.25 bits per heavy atom. The minimum atomic E-state index is -1.11. The number of ether oxygens (including phenoxy) is 1. The van der Waals surface area contributed by atoms with Crippen molar-refractivity contribution in [2.75, 3.05) is 0 Å². The Hall–Kier alpha value is -2.41. The van der Waals surface area contributed by atoms with Gasteiger partial charge in [-0.25, -0.2) is 4.79 Å². The van der Waals surface area contributed by atoms with Gasteiger partial charge in [-0.05, 0) is 26.3 Å². The minimum absolute atomic E-state index is 0.255. The van der Waals surface area contributed by atoms with E-state index in [1.54, 1.807) is 20.8 Å². The van der Waals surface area contributed by atoms with Crippen LogP contribution in [0.15, 0.2) is 30.3 Å². The van der Waals surface area contributed by atoms with E-state index >= 15 is 0 Å². The zero-order chi connectivity index (χ0) is 18.3. The van der Waals surface area contributed by atoms with E-state index in [0.717, 1.165) is 5.56 Å². The van der Waals surface area contributed by atoms with Gasteiger partial charge < -0.3 is 21.5 Å². The van der Waals surface area contributed by atoms with Crippen molar-refractivity contribution in [2.45, 2.75) is 51.3 Å². The van der Waals surface area contributed by atoms with Crippen molar-refractivity contribution in [3.8, 4) is 0 Å². The second kappa shape index (κ2) is 8.44. The van der Waals surface area contributed by atoms with Gasteiger partial charge in [0, 0.05) is 6.42 Å². The molecular formula is C17H25N3O4. The molecule has 7 nitrogen and oxygen atoms in total. The summed E-state index contributed by atoms with van der Waals surface area (Å²) in [5.74, 6) is -1.87. The number of esters is 1. The summed E-state index contributed by atoms with van der Waals surface area (Å²) >= 11 is 0. The molecule has 2 atom stereocenters. The molecule has 24 heavy (non-hydrogen) atoms. The van der Waals surface area contributed by atoms with Crippen LogP contribution < -0.4 is 16.8 Å². The molecule has 0 bridgehead atoms. The predicted molar refractivity (Wildman–Crippen MR) is 89.7 cm³/mol. The fourth-order valence-electron chi connectivity index (χ4n) is 2.00. The first-order valence-corrected chi connectivity index (χ1v) is 7.69. The molecule has 1 aromatic rings. The lowest BCUT2D eigenvalue weighted by Crippen LogP contribution is -2.51. The normalized spacial score (nSPS) is 13.7. The largest absolute Gasteiger partial charge is 0.458 e. The van der Waals surface area contributed by atoms with Gasteiger partial charge in [0.1, 0.15) is 11.6 Å². The molecule has 0 unspecified atom stereocenters. The summed E-state index contributed by atoms with van der Waals surface area (Å²) < 4.78 is 5.35. The number of carbonyl (C=O) groups excluding carboxylic acids is 3. The van der Waals surface area contributed by atoms with E-state index in [2.05, 4.69) is 5.32 Å². The number of rotatable bonds is 7. The number of primary amides is 1. The number of carbonyl (C=O) groups is 3. The maximum absolute atomic E-state index is 12.4. The van der Waals surface area contributed by atoms with Gasteiger partial charge in [-0.1, -0.05) is 30.3 Å². The number of hydrogen-bond donors (Lipinski definition) is 3. The van der Waals surface area contributed by atoms with Crippen LogP contribution in [0.2, 0.25) is 0 Å². The molecule has 0 saturated carbocycles. The Bertz CT molecular complexity index is 581. The van der Waals surface area contributed by atoms with E-state index in [0.29, 0.717) is 0 Å². The lowest BCUT2D eigenvalue weighted by atomic mass is 10.0. The van der Waals surface area contributed by atoms with E-state index in [9.17, 15) is 14.4 Å². The maximum Gasteiger partial charge on any atom is 0.329 e. The van der Waals surface area contributed by atoms with E-state index in [1.807, 2.05) is 30.3 Å². The SMILES string of the molecule is CC(C)(C)OC(=O)[C@H](Cc1ccccc1)NC(=O)[C@@H](N)CC(N)=O. The molecule has 2 amide bonds. The van der Waals surface area contributed by atoms with Crippen molar-refractivity contribution in [3.63, 3.8) is 0 Å². The van der Waals surface area contributed by atoms with Crippen molar-refractivity contribution in [3.05, 3.63) is 35.9 Å². The summed E-state index contributed by atoms with van der Waals surface area (Å²) in [5, 5.41) is 2.55. The van der Waals surface area contributed by atoms with Crippen LogP contribution in [0.1, 0.15) is 32.8 Å². The molecule has 0 fully saturated rings. The zero-order valence-corrected chi connectivity index (χ0v) is 14.2. The standard InChI is InChI=1S/C17H25N3O4/c1-17(2,3)24-16(23)13(9-11-7-5-4-6-8-11)20-15(22)12(18)10-14(19)21/h4-8,12-13H,9-10,18H2,1-3H3,(H2,19,21)(H,20,22)/t12-,13-/m0/s1. The Morgan fingerprint density at radius 1 is 1.17 bits per heavy atom. The molecular weight excluding hydrogens is 310 g/mol. The van der Waals surface area contributed by atoms with Gasteiger partial charge in [0.2, 0.25) is 11.8 Å². The highest BCUT2D eigenvalue weighted by Gasteiger charge is 2.28. The van der Waals surface area contributed by atoms with Gasteiger partial charge in [-0.15, -0.1) is 0 Å². The summed E-state index contributed by atoms with van der Waals surface area (Å²) in [5.41, 5.74) is 10.8. The topological polar surface area (TPSA) is 125 Å². The molecule has 0 heterocycles. The quantitative estimate of drug-likeness (QED) is 0.616. The molecule has 0 aliphatic rings. The van der Waals surface area contributed by atoms with Crippen molar-refractivity contribution in [1.29, 1.82) is 0 Å². The average Bonchev–Trinajstić information content (AvgIpc) is 2.45. The van der Waals surface area contributed by atoms with Crippen LogP contribution in [-0.4, -0.2) is 35.5 Å². The Kier molecular flexibility index (Phi) is 6.91. The summed E-state index contributed by atoms with van der Waals surface area (Å²) in [6.07, 6.45) is -0.0387. The van der Waals surface area contributed by atoms with E-state index in [-0.39, 0.29) is 12.8 Å². The Morgan fingerprint density at radius 2 is 1.75 bits per heavy atom. The van der Waals surface area contributed by atoms with Crippen molar-refractivity contribution in [2.24, 2.45) is 11.5 Å². The number of nitrogens with one attached hydrogen (secondary N) is 1. The van der Waals surface area contributed by atoms with Crippen LogP contribution in [0, 0.1) is 0 Å². The third-order valence-electron chi connectivity index (χ3n) is 3.05. The molecule has 0 spiro atoms. The van der Waals surface area contributed by atoms with Crippen LogP contribution >= 0.6 is 0 Å². The fraction of sp³-hybridized carbons (Fsp3) is 0.471. The fourth-order valence-corrected chi connectivity index (χ4v) is 2.00. The van der Waals surface area contributed by atoms with Gasteiger partial charge in [-0.2, -0.15) is 0 Å². The average molecular weight is 335 g/mol. The Balaban J connectivity index is 2.86. The van der Waals surface area contributed by atoms with Crippen molar-refractivity contribution in [1.82, 2.24) is 5.32 Å². The van der Waals surface area contributed by atoms with Crippen molar-refractivity contribution >= 4 is 17.8 Å². The van der Waals surface area contributed by atoms with E-state index in [4.69, 9.17) is 16.2 Å². The van der Waals surface area contributed by atoms with Gasteiger partial charge in [0.25, 0.3) is 0 Å². The monoisotopic (exact) mass is 335 g/mol. The molecule has 1 aromatic carbocycles. The number of benzene rings is 1. The first-order valence-electron chi connectivity index (χ1n) is 7.69. The van der Waals surface area contributed by atoms with Crippen LogP contribution in [0.4, 0.5) is 0 Å². The molecule has 0 aliphatic carbocycles. The zero-order valence-electron chi connectivity index (χ0n) is 14.2. The van der Waals surface area contributed by atoms with Gasteiger partial charge in [0.15, 0.2) is 0 Å². The number of amides is 2. The predicted octanol–water partition coefficient (Wildman–Crippen LogP) is 0.258. The van der Waals surface area contributed by atoms with Gasteiger partial charge >= 0.3 is 5.97 Å². The molecule has 7 heteroatoms. The summed E-state index contributed by atoms with van der Waals surface area (Å²) in [4.78, 5) is 35.4. The van der Waals surface area contributed by atoms with Crippen LogP contribution in [0.25, 0.3) is 0 Å². The van der Waals surface area contributed by atoms with Crippen LogP contribution in [0.5, 0.6) is 0 Å². The molecule has 0 aromatic heterocycles. The van der Waals surface area contributed by atoms with E-state index in [1.165, 1.54) is 0 Å². The minimum Gasteiger partial charge on any atom is -0.458 e. The molecule has 0 radical (unpaired) electrons. The second-order valence-electron chi connectivity index (χ2n) is 6.56. The Labute approximate surface area is 141 Å². The number of nitrogens with two attached hydrogens (primary N) is 2. The maximum atomic E-state index is 12.4. The molecule has 132 valence electrons. The van der Waals surface area contributed by atoms with Crippen LogP contribution in [-0.2, 0) is 25.5 Å². The lowest BCUT2D eigenvalue weighted by molar-refractivity contribution is -0.158.